The molecule has 24 heavy (non-hydrogen) atoms. The van der Waals surface area contributed by atoms with E-state index in [1.165, 1.54) is 38.5 Å². The molecule has 4 aliphatic rings. The molecule has 1 N–H and O–H groups in total. The van der Waals surface area contributed by atoms with Crippen molar-refractivity contribution < 1.29 is 9.90 Å². The Bertz CT molecular complexity index is 538. The Labute approximate surface area is 147 Å². The molecular formula is C22H36O2. The van der Waals surface area contributed by atoms with Crippen molar-refractivity contribution in [3.05, 3.63) is 0 Å². The fraction of sp³-hybridized carbons (Fsp3) is 0.955. The molecule has 136 valence electrons. The molecule has 0 amide bonds. The Balaban J connectivity index is 1.60. The summed E-state index contributed by atoms with van der Waals surface area (Å²) in [6, 6.07) is 0. The zero-order valence-corrected chi connectivity index (χ0v) is 16.1. The van der Waals surface area contributed by atoms with Gasteiger partial charge in [-0.2, -0.15) is 0 Å². The summed E-state index contributed by atoms with van der Waals surface area (Å²) in [6.45, 7) is 8.83. The van der Waals surface area contributed by atoms with Crippen LogP contribution in [0, 0.1) is 40.4 Å². The van der Waals surface area contributed by atoms with Crippen LogP contribution in [0.1, 0.15) is 85.5 Å². The lowest BCUT2D eigenvalue weighted by Gasteiger charge is -2.61. The van der Waals surface area contributed by atoms with Gasteiger partial charge in [0.05, 0.1) is 5.60 Å². The predicted octanol–water partition coefficient (Wildman–Crippen LogP) is 4.99. The highest BCUT2D eigenvalue weighted by Gasteiger charge is 2.63. The van der Waals surface area contributed by atoms with Crippen molar-refractivity contribution in [1.29, 1.82) is 0 Å². The molecule has 0 saturated heterocycles. The third kappa shape index (κ3) is 2.14. The molecule has 0 radical (unpaired) electrons. The van der Waals surface area contributed by atoms with Crippen LogP contribution in [0.25, 0.3) is 0 Å². The number of hydrogen-bond donors (Lipinski definition) is 1. The zero-order valence-electron chi connectivity index (χ0n) is 16.1. The van der Waals surface area contributed by atoms with Crippen LogP contribution in [-0.2, 0) is 4.79 Å². The summed E-state index contributed by atoms with van der Waals surface area (Å²) in [5, 5.41) is 11.0. The first-order chi connectivity index (χ1) is 11.2. The molecule has 4 saturated carbocycles. The van der Waals surface area contributed by atoms with Crippen LogP contribution in [0.3, 0.4) is 0 Å². The van der Waals surface area contributed by atoms with Gasteiger partial charge in [0, 0.05) is 5.92 Å². The summed E-state index contributed by atoms with van der Waals surface area (Å²) in [5.74, 6) is 3.87. The van der Waals surface area contributed by atoms with Crippen molar-refractivity contribution in [2.45, 2.75) is 91.1 Å². The van der Waals surface area contributed by atoms with Gasteiger partial charge in [-0.15, -0.1) is 0 Å². The lowest BCUT2D eigenvalue weighted by Crippen LogP contribution is -2.56. The topological polar surface area (TPSA) is 37.3 Å². The highest BCUT2D eigenvalue weighted by atomic mass is 16.3. The molecule has 0 aromatic rings. The maximum absolute atomic E-state index is 11.9. The molecule has 4 aliphatic carbocycles. The largest absolute Gasteiger partial charge is 0.390 e. The molecule has 0 bridgehead atoms. The van der Waals surface area contributed by atoms with E-state index in [0.717, 1.165) is 42.9 Å². The van der Waals surface area contributed by atoms with Gasteiger partial charge in [-0.05, 0) is 106 Å². The highest BCUT2D eigenvalue weighted by molar-refractivity contribution is 5.78. The van der Waals surface area contributed by atoms with Gasteiger partial charge in [-0.25, -0.2) is 0 Å². The second-order valence-corrected chi connectivity index (χ2v) is 10.5. The number of carbonyl (C=O) groups is 1. The Hall–Kier alpha value is -0.370. The molecule has 0 aliphatic heterocycles. The average Bonchev–Trinajstić information content (AvgIpc) is 2.76. The quantitative estimate of drug-likeness (QED) is 0.735. The van der Waals surface area contributed by atoms with Crippen LogP contribution < -0.4 is 0 Å². The van der Waals surface area contributed by atoms with Crippen molar-refractivity contribution in [2.75, 3.05) is 0 Å². The van der Waals surface area contributed by atoms with Crippen molar-refractivity contribution in [1.82, 2.24) is 0 Å². The number of carbonyl (C=O) groups excluding carboxylic acids is 1. The first-order valence-corrected chi connectivity index (χ1v) is 10.4. The summed E-state index contributed by atoms with van der Waals surface area (Å²) < 4.78 is 0. The highest BCUT2D eigenvalue weighted by Crippen LogP contribution is 2.68. The SMILES string of the molecule is CC(=O)[C@@H]1CC[C@@]2(C)[C@@H](CC[C@H]3[C@H]2CC[C@]2(C)[C@@H]3CC[C@]2(C)O)C1. The number of aliphatic hydroxyl groups is 1. The van der Waals surface area contributed by atoms with E-state index in [2.05, 4.69) is 20.8 Å². The molecular weight excluding hydrogens is 296 g/mol. The molecule has 8 atom stereocenters. The second kappa shape index (κ2) is 5.32. The van der Waals surface area contributed by atoms with Gasteiger partial charge in [0.25, 0.3) is 0 Å². The van der Waals surface area contributed by atoms with E-state index in [9.17, 15) is 9.90 Å². The van der Waals surface area contributed by atoms with E-state index in [4.69, 9.17) is 0 Å². The smallest absolute Gasteiger partial charge is 0.132 e. The molecule has 2 heteroatoms. The van der Waals surface area contributed by atoms with E-state index in [1.54, 1.807) is 6.92 Å². The van der Waals surface area contributed by atoms with Crippen molar-refractivity contribution in [2.24, 2.45) is 40.4 Å². The van der Waals surface area contributed by atoms with E-state index < -0.39 is 5.60 Å². The molecule has 0 aromatic carbocycles. The Morgan fingerprint density at radius 1 is 0.917 bits per heavy atom. The maximum Gasteiger partial charge on any atom is 0.132 e. The third-order valence-electron chi connectivity index (χ3n) is 9.80. The molecule has 4 rings (SSSR count). The number of ketones is 1. The fourth-order valence-electron chi connectivity index (χ4n) is 7.87. The number of hydrogen-bond acceptors (Lipinski definition) is 2. The van der Waals surface area contributed by atoms with Crippen molar-refractivity contribution in [3.8, 4) is 0 Å². The maximum atomic E-state index is 11.9. The van der Waals surface area contributed by atoms with Crippen LogP contribution in [0.5, 0.6) is 0 Å². The van der Waals surface area contributed by atoms with Gasteiger partial charge in [-0.3, -0.25) is 4.79 Å². The lowest BCUT2D eigenvalue weighted by atomic mass is 9.44. The Morgan fingerprint density at radius 2 is 1.62 bits per heavy atom. The van der Waals surface area contributed by atoms with Crippen LogP contribution in [0.2, 0.25) is 0 Å². The van der Waals surface area contributed by atoms with Gasteiger partial charge < -0.3 is 5.11 Å². The zero-order chi connectivity index (χ0) is 17.3. The lowest BCUT2D eigenvalue weighted by molar-refractivity contribution is -0.152. The normalized spacial score (nSPS) is 57.0. The molecule has 4 fully saturated rings. The van der Waals surface area contributed by atoms with Crippen molar-refractivity contribution >= 4 is 5.78 Å². The van der Waals surface area contributed by atoms with Gasteiger partial charge in [0.15, 0.2) is 0 Å². The molecule has 0 aromatic heterocycles. The van der Waals surface area contributed by atoms with Gasteiger partial charge in [-0.1, -0.05) is 13.8 Å². The van der Waals surface area contributed by atoms with E-state index in [-0.39, 0.29) is 5.41 Å². The minimum Gasteiger partial charge on any atom is -0.390 e. The average molecular weight is 333 g/mol. The minimum atomic E-state index is -0.466. The van der Waals surface area contributed by atoms with Crippen LogP contribution in [0.15, 0.2) is 0 Å². The number of fused-ring (bicyclic) bond motifs is 5. The number of rotatable bonds is 1. The van der Waals surface area contributed by atoms with Crippen LogP contribution >= 0.6 is 0 Å². The van der Waals surface area contributed by atoms with Gasteiger partial charge in [0.2, 0.25) is 0 Å². The Morgan fingerprint density at radius 3 is 2.33 bits per heavy atom. The van der Waals surface area contributed by atoms with Crippen LogP contribution in [-0.4, -0.2) is 16.5 Å². The van der Waals surface area contributed by atoms with E-state index in [1.807, 2.05) is 0 Å². The first-order valence-electron chi connectivity index (χ1n) is 10.4. The van der Waals surface area contributed by atoms with E-state index in [0.29, 0.717) is 17.1 Å². The number of Topliss-reactive ketones (excluding diaryl/α,β-unsaturated/α-hetero) is 1. The summed E-state index contributed by atoms with van der Waals surface area (Å²) in [4.78, 5) is 11.9. The van der Waals surface area contributed by atoms with E-state index >= 15 is 0 Å². The summed E-state index contributed by atoms with van der Waals surface area (Å²) in [6.07, 6.45) is 10.9. The van der Waals surface area contributed by atoms with Crippen molar-refractivity contribution in [3.63, 3.8) is 0 Å². The standard InChI is InChI=1S/C22H36O2/c1-14(23)15-7-10-20(2)16(13-15)5-6-17-18(20)8-11-21(3)19(17)9-12-22(21,4)24/h15-19,24H,5-13H2,1-4H3/t15-,16+,17+,18-,19-,20+,21-,22+/m1/s1. The fourth-order valence-corrected chi connectivity index (χ4v) is 7.87. The predicted molar refractivity (Wildman–Crippen MR) is 96.5 cm³/mol. The second-order valence-electron chi connectivity index (χ2n) is 10.5. The summed E-state index contributed by atoms with van der Waals surface area (Å²) in [7, 11) is 0. The first kappa shape index (κ1) is 17.1. The summed E-state index contributed by atoms with van der Waals surface area (Å²) in [5.41, 5.74) is 0.116. The monoisotopic (exact) mass is 332 g/mol. The molecule has 0 spiro atoms. The molecule has 2 nitrogen and oxygen atoms in total. The van der Waals surface area contributed by atoms with Gasteiger partial charge >= 0.3 is 0 Å². The Kier molecular flexibility index (Phi) is 3.78. The van der Waals surface area contributed by atoms with Crippen LogP contribution in [0.4, 0.5) is 0 Å². The third-order valence-corrected chi connectivity index (χ3v) is 9.80. The minimum absolute atomic E-state index is 0.133. The molecule has 0 unspecified atom stereocenters. The summed E-state index contributed by atoms with van der Waals surface area (Å²) >= 11 is 0. The molecule has 0 heterocycles. The van der Waals surface area contributed by atoms with Gasteiger partial charge in [0.1, 0.15) is 5.78 Å².